The van der Waals surface area contributed by atoms with Crippen LogP contribution >= 0.6 is 0 Å². The number of benzene rings is 1. The number of rotatable bonds is 3. The van der Waals surface area contributed by atoms with Gasteiger partial charge in [0.05, 0.1) is 12.0 Å². The first-order valence-corrected chi connectivity index (χ1v) is 6.85. The molecule has 0 aromatic heterocycles. The maximum atomic E-state index is 12.1. The summed E-state index contributed by atoms with van der Waals surface area (Å²) < 4.78 is 32.7. The molecule has 0 fully saturated rings. The van der Waals surface area contributed by atoms with Gasteiger partial charge in [-0.3, -0.25) is 4.79 Å². The number of allylic oxidation sites excluding steroid dienone is 3. The number of methoxy groups -OCH3 is 1. The van der Waals surface area contributed by atoms with E-state index in [1.807, 2.05) is 0 Å². The van der Waals surface area contributed by atoms with Crippen LogP contribution in [0.5, 0.6) is 0 Å². The zero-order valence-corrected chi connectivity index (χ0v) is 10.9. The van der Waals surface area contributed by atoms with Crippen LogP contribution in [0.15, 0.2) is 63.6 Å². The van der Waals surface area contributed by atoms with E-state index in [0.717, 1.165) is 0 Å². The zero-order valence-electron chi connectivity index (χ0n) is 10.1. The van der Waals surface area contributed by atoms with Crippen LogP contribution in [0.4, 0.5) is 0 Å². The molecule has 98 valence electrons. The summed E-state index contributed by atoms with van der Waals surface area (Å²) in [6, 6.07) is 7.84. The van der Waals surface area contributed by atoms with Gasteiger partial charge in [0, 0.05) is 6.08 Å². The fraction of sp³-hybridized carbons (Fsp3) is 0.0769. The van der Waals surface area contributed by atoms with Crippen LogP contribution in [0.25, 0.3) is 0 Å². The molecule has 1 aliphatic carbocycles. The van der Waals surface area contributed by atoms with Crippen molar-refractivity contribution in [2.45, 2.75) is 4.90 Å². The molecule has 0 bridgehead atoms. The SMILES string of the molecule is COC1=CC(=O)C=C/C1=N\S(=O)(=O)c1ccccc1. The molecular weight excluding hydrogens is 266 g/mol. The normalized spacial score (nSPS) is 17.4. The summed E-state index contributed by atoms with van der Waals surface area (Å²) in [5.74, 6) is -0.139. The quantitative estimate of drug-likeness (QED) is 0.784. The van der Waals surface area contributed by atoms with E-state index in [4.69, 9.17) is 4.74 Å². The van der Waals surface area contributed by atoms with Crippen molar-refractivity contribution >= 4 is 21.5 Å². The Labute approximate surface area is 111 Å². The van der Waals surface area contributed by atoms with Crippen molar-refractivity contribution in [2.75, 3.05) is 7.11 Å². The zero-order chi connectivity index (χ0) is 13.9. The lowest BCUT2D eigenvalue weighted by molar-refractivity contribution is -0.110. The Kier molecular flexibility index (Phi) is 3.62. The summed E-state index contributed by atoms with van der Waals surface area (Å²) in [6.45, 7) is 0. The molecule has 0 saturated carbocycles. The monoisotopic (exact) mass is 277 g/mol. The number of hydrogen-bond donors (Lipinski definition) is 0. The van der Waals surface area contributed by atoms with E-state index < -0.39 is 10.0 Å². The van der Waals surface area contributed by atoms with E-state index in [0.29, 0.717) is 0 Å². The predicted molar refractivity (Wildman–Crippen MR) is 70.3 cm³/mol. The van der Waals surface area contributed by atoms with E-state index >= 15 is 0 Å². The van der Waals surface area contributed by atoms with E-state index in [1.54, 1.807) is 18.2 Å². The molecule has 1 aliphatic rings. The number of sulfonamides is 1. The fourth-order valence-electron chi connectivity index (χ4n) is 1.51. The van der Waals surface area contributed by atoms with Gasteiger partial charge < -0.3 is 4.74 Å². The lowest BCUT2D eigenvalue weighted by Gasteiger charge is -2.09. The van der Waals surface area contributed by atoms with Crippen LogP contribution in [0, 0.1) is 0 Å². The van der Waals surface area contributed by atoms with Gasteiger partial charge in [-0.1, -0.05) is 18.2 Å². The number of nitrogens with zero attached hydrogens (tertiary/aromatic N) is 1. The Morgan fingerprint density at radius 1 is 1.11 bits per heavy atom. The highest BCUT2D eigenvalue weighted by Crippen LogP contribution is 2.15. The third-order valence-electron chi connectivity index (χ3n) is 2.41. The second-order valence-corrected chi connectivity index (χ2v) is 5.32. The average Bonchev–Trinajstić information content (AvgIpc) is 2.41. The molecule has 2 rings (SSSR count). The van der Waals surface area contributed by atoms with E-state index in [2.05, 4.69) is 4.40 Å². The summed E-state index contributed by atoms with van der Waals surface area (Å²) in [5, 5.41) is 0. The molecule has 0 N–H and O–H groups in total. The molecule has 0 unspecified atom stereocenters. The highest BCUT2D eigenvalue weighted by atomic mass is 32.2. The third-order valence-corrected chi connectivity index (χ3v) is 3.72. The van der Waals surface area contributed by atoms with Crippen molar-refractivity contribution in [1.82, 2.24) is 0 Å². The van der Waals surface area contributed by atoms with E-state index in [1.165, 1.54) is 37.5 Å². The van der Waals surface area contributed by atoms with Gasteiger partial charge in [0.25, 0.3) is 10.0 Å². The minimum atomic E-state index is -3.82. The minimum Gasteiger partial charge on any atom is -0.494 e. The van der Waals surface area contributed by atoms with Crippen molar-refractivity contribution in [3.8, 4) is 0 Å². The largest absolute Gasteiger partial charge is 0.494 e. The van der Waals surface area contributed by atoms with Gasteiger partial charge in [-0.15, -0.1) is 0 Å². The van der Waals surface area contributed by atoms with Crippen molar-refractivity contribution < 1.29 is 17.9 Å². The first-order chi connectivity index (χ1) is 9.03. The highest BCUT2D eigenvalue weighted by molar-refractivity contribution is 7.90. The first-order valence-electron chi connectivity index (χ1n) is 5.41. The molecule has 1 aromatic carbocycles. The summed E-state index contributed by atoms with van der Waals surface area (Å²) >= 11 is 0. The lowest BCUT2D eigenvalue weighted by Crippen LogP contribution is -2.12. The van der Waals surface area contributed by atoms with Gasteiger partial charge in [-0.2, -0.15) is 12.8 Å². The van der Waals surface area contributed by atoms with Crippen LogP contribution < -0.4 is 0 Å². The molecule has 0 aliphatic heterocycles. The Morgan fingerprint density at radius 2 is 1.79 bits per heavy atom. The number of carbonyl (C=O) groups excluding carboxylic acids is 1. The number of ketones is 1. The minimum absolute atomic E-state index is 0.0863. The molecule has 1 aromatic rings. The van der Waals surface area contributed by atoms with Crippen LogP contribution in [0.3, 0.4) is 0 Å². The molecule has 6 heteroatoms. The highest BCUT2D eigenvalue weighted by Gasteiger charge is 2.18. The first kappa shape index (κ1) is 13.2. The fourth-order valence-corrected chi connectivity index (χ4v) is 2.52. The number of hydrogen-bond acceptors (Lipinski definition) is 4. The van der Waals surface area contributed by atoms with Crippen LogP contribution in [0.1, 0.15) is 0 Å². The third kappa shape index (κ3) is 2.97. The Bertz CT molecular complexity index is 685. The molecule has 0 atom stereocenters. The second-order valence-electron chi connectivity index (χ2n) is 3.71. The molecule has 19 heavy (non-hydrogen) atoms. The molecule has 0 radical (unpaired) electrons. The standard InChI is InChI=1S/C13H11NO4S/c1-18-13-9-10(15)7-8-12(13)14-19(16,17)11-5-3-2-4-6-11/h2-9H,1H3/b14-12+. The summed E-state index contributed by atoms with van der Waals surface area (Å²) in [7, 11) is -2.47. The second kappa shape index (κ2) is 5.19. The maximum absolute atomic E-state index is 12.1. The van der Waals surface area contributed by atoms with Crippen molar-refractivity contribution in [3.05, 3.63) is 54.3 Å². The predicted octanol–water partition coefficient (Wildman–Crippen LogP) is 1.49. The maximum Gasteiger partial charge on any atom is 0.282 e. The van der Waals surface area contributed by atoms with Gasteiger partial charge in [0.2, 0.25) is 0 Å². The number of carbonyl (C=O) groups is 1. The van der Waals surface area contributed by atoms with Gasteiger partial charge in [0.15, 0.2) is 5.78 Å². The molecule has 0 saturated heterocycles. The van der Waals surface area contributed by atoms with Gasteiger partial charge in [-0.05, 0) is 24.3 Å². The Balaban J connectivity index is 2.44. The lowest BCUT2D eigenvalue weighted by atomic mass is 10.1. The molecule has 0 heterocycles. The van der Waals surface area contributed by atoms with E-state index in [-0.39, 0.29) is 22.1 Å². The average molecular weight is 277 g/mol. The Hall–Kier alpha value is -2.21. The number of ether oxygens (including phenoxy) is 1. The smallest absolute Gasteiger partial charge is 0.282 e. The van der Waals surface area contributed by atoms with Crippen molar-refractivity contribution in [2.24, 2.45) is 4.40 Å². The van der Waals surface area contributed by atoms with Crippen LogP contribution in [0.2, 0.25) is 0 Å². The summed E-state index contributed by atoms with van der Waals surface area (Å²) in [4.78, 5) is 11.3. The van der Waals surface area contributed by atoms with Crippen LogP contribution in [-0.2, 0) is 19.6 Å². The molecule has 0 spiro atoms. The summed E-state index contributed by atoms with van der Waals surface area (Å²) in [5.41, 5.74) is 0.103. The van der Waals surface area contributed by atoms with Gasteiger partial charge >= 0.3 is 0 Å². The van der Waals surface area contributed by atoms with Crippen molar-refractivity contribution in [3.63, 3.8) is 0 Å². The van der Waals surface area contributed by atoms with Gasteiger partial charge in [-0.25, -0.2) is 0 Å². The van der Waals surface area contributed by atoms with Crippen LogP contribution in [-0.4, -0.2) is 27.0 Å². The Morgan fingerprint density at radius 3 is 2.42 bits per heavy atom. The van der Waals surface area contributed by atoms with Gasteiger partial charge in [0.1, 0.15) is 11.5 Å². The van der Waals surface area contributed by atoms with E-state index in [9.17, 15) is 13.2 Å². The van der Waals surface area contributed by atoms with Crippen molar-refractivity contribution in [1.29, 1.82) is 0 Å². The molecule has 5 nitrogen and oxygen atoms in total. The summed E-state index contributed by atoms with van der Waals surface area (Å²) in [6.07, 6.45) is 3.75. The molecular formula is C13H11NO4S. The molecule has 0 amide bonds. The topological polar surface area (TPSA) is 72.8 Å².